The minimum Gasteiger partial charge on any atom is -0.351 e. The van der Waals surface area contributed by atoms with Crippen LogP contribution in [0.4, 0.5) is 4.79 Å². The van der Waals surface area contributed by atoms with Crippen molar-refractivity contribution in [1.82, 2.24) is 10.2 Å². The highest BCUT2D eigenvalue weighted by atomic mass is 35.5. The van der Waals surface area contributed by atoms with Crippen LogP contribution in [-0.2, 0) is 19.4 Å². The second-order valence-electron chi connectivity index (χ2n) is 6.38. The lowest BCUT2D eigenvalue weighted by Crippen LogP contribution is -2.44. The van der Waals surface area contributed by atoms with Gasteiger partial charge in [0.2, 0.25) is 5.91 Å². The van der Waals surface area contributed by atoms with Gasteiger partial charge in [-0.05, 0) is 35.9 Å². The standard InChI is InChI=1S/C18H17ClN2O5S2/c19-13(8-12-4-2-1-3-5-12)9-15-17(23)21(18(24)27-15)10-16(22)20-14-6-7-28(25,26)11-14/h1-5,8-9,14H,6-7,10-11H2,(H,20,22)/b13-8-,15-9-. The van der Waals surface area contributed by atoms with E-state index in [0.717, 1.165) is 10.5 Å². The molecule has 2 heterocycles. The van der Waals surface area contributed by atoms with Gasteiger partial charge in [-0.25, -0.2) is 8.42 Å². The number of hydrogen-bond acceptors (Lipinski definition) is 6. The van der Waals surface area contributed by atoms with E-state index in [2.05, 4.69) is 5.32 Å². The molecule has 0 saturated carbocycles. The fourth-order valence-electron chi connectivity index (χ4n) is 2.84. The predicted octanol–water partition coefficient (Wildman–Crippen LogP) is 2.15. The zero-order valence-electron chi connectivity index (χ0n) is 14.6. The Morgan fingerprint density at radius 3 is 2.64 bits per heavy atom. The molecule has 0 aromatic heterocycles. The Bertz CT molecular complexity index is 973. The first-order chi connectivity index (χ1) is 13.2. The van der Waals surface area contributed by atoms with Gasteiger partial charge < -0.3 is 5.32 Å². The summed E-state index contributed by atoms with van der Waals surface area (Å²) >= 11 is 6.86. The topological polar surface area (TPSA) is 101 Å². The van der Waals surface area contributed by atoms with Gasteiger partial charge in [-0.3, -0.25) is 19.3 Å². The largest absolute Gasteiger partial charge is 0.351 e. The Kier molecular flexibility index (Phi) is 6.26. The Morgan fingerprint density at radius 1 is 1.29 bits per heavy atom. The summed E-state index contributed by atoms with van der Waals surface area (Å²) in [5.74, 6) is -1.28. The number of nitrogens with zero attached hydrogens (tertiary/aromatic N) is 1. The lowest BCUT2D eigenvalue weighted by atomic mass is 10.2. The summed E-state index contributed by atoms with van der Waals surface area (Å²) in [5.41, 5.74) is 0.842. The van der Waals surface area contributed by atoms with E-state index in [-0.39, 0.29) is 21.4 Å². The maximum atomic E-state index is 12.4. The van der Waals surface area contributed by atoms with Gasteiger partial charge in [-0.2, -0.15) is 0 Å². The molecule has 0 radical (unpaired) electrons. The molecule has 1 aromatic rings. The van der Waals surface area contributed by atoms with Crippen molar-refractivity contribution in [2.24, 2.45) is 0 Å². The van der Waals surface area contributed by atoms with Crippen molar-refractivity contribution in [3.63, 3.8) is 0 Å². The van der Waals surface area contributed by atoms with Crippen LogP contribution in [0.1, 0.15) is 12.0 Å². The first-order valence-electron chi connectivity index (χ1n) is 8.41. The summed E-state index contributed by atoms with van der Waals surface area (Å²) in [5, 5.41) is 2.26. The monoisotopic (exact) mass is 440 g/mol. The van der Waals surface area contributed by atoms with Crippen LogP contribution < -0.4 is 5.32 Å². The van der Waals surface area contributed by atoms with Crippen LogP contribution in [0.2, 0.25) is 0 Å². The molecule has 2 aliphatic rings. The molecule has 7 nitrogen and oxygen atoms in total. The average molecular weight is 441 g/mol. The maximum Gasteiger partial charge on any atom is 0.294 e. The minimum absolute atomic E-state index is 0.0223. The first-order valence-corrected chi connectivity index (χ1v) is 11.4. The van der Waals surface area contributed by atoms with Crippen molar-refractivity contribution in [3.8, 4) is 0 Å². The van der Waals surface area contributed by atoms with E-state index in [9.17, 15) is 22.8 Å². The Labute approximate surface area is 171 Å². The van der Waals surface area contributed by atoms with E-state index in [0.29, 0.717) is 18.2 Å². The highest BCUT2D eigenvalue weighted by Crippen LogP contribution is 2.32. The third-order valence-corrected chi connectivity index (χ3v) is 7.04. The lowest BCUT2D eigenvalue weighted by Gasteiger charge is -2.15. The molecule has 0 spiro atoms. The fourth-order valence-corrected chi connectivity index (χ4v) is 5.64. The third-order valence-electron chi connectivity index (χ3n) is 4.15. The number of hydrogen-bond donors (Lipinski definition) is 1. The van der Waals surface area contributed by atoms with Crippen LogP contribution in [0.5, 0.6) is 0 Å². The summed E-state index contributed by atoms with van der Waals surface area (Å²) in [6.07, 6.45) is 3.37. The molecular weight excluding hydrogens is 424 g/mol. The van der Waals surface area contributed by atoms with Gasteiger partial charge >= 0.3 is 0 Å². The highest BCUT2D eigenvalue weighted by Gasteiger charge is 2.37. The zero-order chi connectivity index (χ0) is 20.3. The van der Waals surface area contributed by atoms with Crippen LogP contribution in [0.3, 0.4) is 0 Å². The van der Waals surface area contributed by atoms with Crippen molar-refractivity contribution < 1.29 is 22.8 Å². The molecule has 3 amide bonds. The predicted molar refractivity (Wildman–Crippen MR) is 108 cm³/mol. The zero-order valence-corrected chi connectivity index (χ0v) is 17.0. The molecule has 0 bridgehead atoms. The van der Waals surface area contributed by atoms with Crippen LogP contribution in [-0.4, -0.2) is 54.5 Å². The van der Waals surface area contributed by atoms with Crippen LogP contribution in [0.25, 0.3) is 6.08 Å². The third kappa shape index (κ3) is 5.24. The number of rotatable bonds is 5. The van der Waals surface area contributed by atoms with Crippen LogP contribution in [0.15, 0.2) is 46.3 Å². The molecule has 2 fully saturated rings. The SMILES string of the molecule is O=C(CN1C(=O)S/C(=C\C(Cl)=C\c2ccccc2)C1=O)NC1CCS(=O)(=O)C1. The number of allylic oxidation sites excluding steroid dienone is 2. The number of carbonyl (C=O) groups is 3. The number of halogens is 1. The Hall–Kier alpha value is -2.10. The molecule has 3 rings (SSSR count). The Morgan fingerprint density at radius 2 is 2.00 bits per heavy atom. The summed E-state index contributed by atoms with van der Waals surface area (Å²) in [6.45, 7) is -0.460. The molecule has 28 heavy (non-hydrogen) atoms. The summed E-state index contributed by atoms with van der Waals surface area (Å²) < 4.78 is 22.9. The van der Waals surface area contributed by atoms with Crippen LogP contribution >= 0.6 is 23.4 Å². The molecule has 1 unspecified atom stereocenters. The molecule has 148 valence electrons. The summed E-state index contributed by atoms with van der Waals surface area (Å²) in [7, 11) is -3.13. The molecule has 1 atom stereocenters. The van der Waals surface area contributed by atoms with Gasteiger partial charge in [0.1, 0.15) is 6.54 Å². The van der Waals surface area contributed by atoms with Gasteiger partial charge in [0, 0.05) is 11.1 Å². The van der Waals surface area contributed by atoms with Crippen molar-refractivity contribution in [2.75, 3.05) is 18.1 Å². The van der Waals surface area contributed by atoms with Crippen LogP contribution in [0, 0.1) is 0 Å². The number of carbonyl (C=O) groups excluding carboxylic acids is 3. The normalized spacial score (nSPS) is 23.5. The lowest BCUT2D eigenvalue weighted by molar-refractivity contribution is -0.129. The molecule has 0 aliphatic carbocycles. The number of thioether (sulfide) groups is 1. The smallest absolute Gasteiger partial charge is 0.294 e. The number of sulfone groups is 1. The quantitative estimate of drug-likeness (QED) is 0.704. The summed E-state index contributed by atoms with van der Waals surface area (Å²) in [6, 6.07) is 8.75. The van der Waals surface area contributed by atoms with Gasteiger partial charge in [0.05, 0.1) is 16.4 Å². The molecule has 2 aliphatic heterocycles. The molecule has 10 heteroatoms. The number of nitrogens with one attached hydrogen (secondary N) is 1. The van der Waals surface area contributed by atoms with Crippen molar-refractivity contribution in [1.29, 1.82) is 0 Å². The average Bonchev–Trinajstić information content (AvgIpc) is 3.09. The van der Waals surface area contributed by atoms with E-state index in [1.165, 1.54) is 6.08 Å². The number of benzene rings is 1. The van der Waals surface area contributed by atoms with E-state index >= 15 is 0 Å². The van der Waals surface area contributed by atoms with Gasteiger partial charge in [0.25, 0.3) is 11.1 Å². The summed E-state index contributed by atoms with van der Waals surface area (Å²) in [4.78, 5) is 37.6. The van der Waals surface area contributed by atoms with E-state index in [1.807, 2.05) is 30.3 Å². The van der Waals surface area contributed by atoms with E-state index < -0.39 is 39.5 Å². The maximum absolute atomic E-state index is 12.4. The van der Waals surface area contributed by atoms with Gasteiger partial charge in [0.15, 0.2) is 9.84 Å². The van der Waals surface area contributed by atoms with Gasteiger partial charge in [-0.1, -0.05) is 41.9 Å². The Balaban J connectivity index is 1.63. The first kappa shape index (κ1) is 20.6. The van der Waals surface area contributed by atoms with Crippen molar-refractivity contribution in [3.05, 3.63) is 51.9 Å². The fraction of sp³-hybridized carbons (Fsp3) is 0.278. The van der Waals surface area contributed by atoms with Gasteiger partial charge in [-0.15, -0.1) is 0 Å². The molecular formula is C18H17ClN2O5S2. The van der Waals surface area contributed by atoms with E-state index in [1.54, 1.807) is 6.08 Å². The van der Waals surface area contributed by atoms with Crippen molar-refractivity contribution in [2.45, 2.75) is 12.5 Å². The second kappa shape index (κ2) is 8.50. The van der Waals surface area contributed by atoms with E-state index in [4.69, 9.17) is 11.6 Å². The molecule has 2 saturated heterocycles. The number of amides is 3. The van der Waals surface area contributed by atoms with Crippen molar-refractivity contribution >= 4 is 56.3 Å². The minimum atomic E-state index is -3.13. The highest BCUT2D eigenvalue weighted by molar-refractivity contribution is 8.18. The number of imide groups is 1. The molecule has 1 N–H and O–H groups in total. The second-order valence-corrected chi connectivity index (χ2v) is 10.0. The molecule has 1 aromatic carbocycles.